The first-order valence-corrected chi connectivity index (χ1v) is 6.11. The van der Waals surface area contributed by atoms with E-state index in [1.807, 2.05) is 42.5 Å². The van der Waals surface area contributed by atoms with E-state index >= 15 is 0 Å². The molecule has 0 radical (unpaired) electrons. The normalized spacial score (nSPS) is 8.53. The van der Waals surface area contributed by atoms with E-state index in [4.69, 9.17) is 0 Å². The second kappa shape index (κ2) is 6.08. The lowest BCUT2D eigenvalue weighted by molar-refractivity contribution is 1.29. The van der Waals surface area contributed by atoms with Crippen molar-refractivity contribution in [3.8, 4) is 23.7 Å². The quantitative estimate of drug-likeness (QED) is 0.535. The van der Waals surface area contributed by atoms with E-state index in [1.54, 1.807) is 6.20 Å². The van der Waals surface area contributed by atoms with Gasteiger partial charge in [-0.3, -0.25) is 0 Å². The molecule has 2 aromatic rings. The Morgan fingerprint density at radius 3 is 2.35 bits per heavy atom. The Labute approximate surface area is 114 Å². The van der Waals surface area contributed by atoms with Crippen molar-refractivity contribution in [3.05, 3.63) is 63.5 Å². The fraction of sp³-hybridized carbons (Fsp3) is 0. The molecule has 0 spiro atoms. The lowest BCUT2D eigenvalue weighted by Crippen LogP contribution is -1.77. The van der Waals surface area contributed by atoms with Crippen molar-refractivity contribution in [3.63, 3.8) is 0 Å². The van der Waals surface area contributed by atoms with Crippen LogP contribution in [0.3, 0.4) is 0 Å². The summed E-state index contributed by atoms with van der Waals surface area (Å²) in [6.07, 6.45) is 1.72. The van der Waals surface area contributed by atoms with Crippen LogP contribution in [0.2, 0.25) is 0 Å². The number of hydrogen-bond donors (Lipinski definition) is 0. The van der Waals surface area contributed by atoms with Gasteiger partial charge in [-0.25, -0.2) is 4.98 Å². The zero-order valence-corrected chi connectivity index (χ0v) is 11.1. The first-order valence-electron chi connectivity index (χ1n) is 5.03. The van der Waals surface area contributed by atoms with Crippen LogP contribution in [0.1, 0.15) is 11.3 Å². The summed E-state index contributed by atoms with van der Waals surface area (Å²) in [5.41, 5.74) is 1.71. The molecule has 0 aliphatic heterocycles. The van der Waals surface area contributed by atoms with Gasteiger partial charge >= 0.3 is 0 Å². The van der Waals surface area contributed by atoms with E-state index in [1.165, 1.54) is 3.57 Å². The summed E-state index contributed by atoms with van der Waals surface area (Å²) in [5, 5.41) is 0. The first kappa shape index (κ1) is 11.7. The molecule has 0 saturated carbocycles. The molecule has 0 aliphatic carbocycles. The van der Waals surface area contributed by atoms with E-state index in [0.29, 0.717) is 0 Å². The Balaban J connectivity index is 2.09. The highest BCUT2D eigenvalue weighted by atomic mass is 127. The molecule has 0 N–H and O–H groups in total. The third-order valence-electron chi connectivity index (χ3n) is 1.97. The van der Waals surface area contributed by atoms with Gasteiger partial charge in [0.15, 0.2) is 0 Å². The summed E-state index contributed by atoms with van der Waals surface area (Å²) < 4.78 is 1.20. The van der Waals surface area contributed by atoms with E-state index in [9.17, 15) is 0 Å². The lowest BCUT2D eigenvalue weighted by Gasteiger charge is -1.88. The summed E-state index contributed by atoms with van der Waals surface area (Å²) in [6, 6.07) is 13.6. The molecule has 2 heteroatoms. The maximum atomic E-state index is 4.09. The van der Waals surface area contributed by atoms with Gasteiger partial charge in [0.2, 0.25) is 0 Å². The minimum atomic E-state index is 0.740. The highest BCUT2D eigenvalue weighted by Crippen LogP contribution is 2.05. The van der Waals surface area contributed by atoms with Crippen molar-refractivity contribution in [1.82, 2.24) is 4.98 Å². The summed E-state index contributed by atoms with van der Waals surface area (Å²) in [6.45, 7) is 0. The van der Waals surface area contributed by atoms with Crippen molar-refractivity contribution in [2.45, 2.75) is 0 Å². The molecule has 1 heterocycles. The van der Waals surface area contributed by atoms with Gasteiger partial charge in [-0.2, -0.15) is 0 Å². The summed E-state index contributed by atoms with van der Waals surface area (Å²) in [5.74, 6) is 11.5. The number of nitrogens with zero attached hydrogens (tertiary/aromatic N) is 1. The zero-order chi connectivity index (χ0) is 11.9. The third-order valence-corrected chi connectivity index (χ3v) is 2.69. The molecular formula is C15H8IN. The van der Waals surface area contributed by atoms with E-state index in [-0.39, 0.29) is 0 Å². The molecule has 2 rings (SSSR count). The smallest absolute Gasteiger partial charge is 0.114 e. The van der Waals surface area contributed by atoms with Gasteiger partial charge in [-0.15, -0.1) is 0 Å². The van der Waals surface area contributed by atoms with Gasteiger partial charge in [0, 0.05) is 15.3 Å². The number of halogens is 1. The standard InChI is InChI=1S/C15H8IN/c16-14-10-8-13(9-11-14)5-1-2-6-15-7-3-4-12-17-15/h3-4,7-12H. The predicted molar refractivity (Wildman–Crippen MR) is 77.2 cm³/mol. The Kier molecular flexibility index (Phi) is 4.18. The molecule has 17 heavy (non-hydrogen) atoms. The summed E-state index contributed by atoms with van der Waals surface area (Å²) >= 11 is 2.26. The van der Waals surface area contributed by atoms with Crippen LogP contribution in [0, 0.1) is 27.3 Å². The van der Waals surface area contributed by atoms with Gasteiger partial charge in [0.05, 0.1) is 0 Å². The van der Waals surface area contributed by atoms with Crippen molar-refractivity contribution < 1.29 is 0 Å². The number of pyridine rings is 1. The van der Waals surface area contributed by atoms with Crippen molar-refractivity contribution >= 4 is 22.6 Å². The SMILES string of the molecule is Ic1ccc(C#CC#Cc2ccccn2)cc1. The van der Waals surface area contributed by atoms with Crippen LogP contribution in [0.25, 0.3) is 0 Å². The van der Waals surface area contributed by atoms with E-state index < -0.39 is 0 Å². The average molecular weight is 329 g/mol. The lowest BCUT2D eigenvalue weighted by atomic mass is 10.2. The van der Waals surface area contributed by atoms with E-state index in [0.717, 1.165) is 11.3 Å². The maximum Gasteiger partial charge on any atom is 0.114 e. The highest BCUT2D eigenvalue weighted by Gasteiger charge is 1.85. The van der Waals surface area contributed by atoms with Gasteiger partial charge in [0.25, 0.3) is 0 Å². The van der Waals surface area contributed by atoms with Gasteiger partial charge in [-0.05, 0) is 76.8 Å². The molecule has 1 nitrogen and oxygen atoms in total. The van der Waals surface area contributed by atoms with Gasteiger partial charge in [0.1, 0.15) is 5.69 Å². The van der Waals surface area contributed by atoms with Crippen molar-refractivity contribution in [2.75, 3.05) is 0 Å². The largest absolute Gasteiger partial charge is 0.248 e. The number of benzene rings is 1. The number of aromatic nitrogens is 1. The second-order valence-electron chi connectivity index (χ2n) is 3.22. The minimum Gasteiger partial charge on any atom is -0.248 e. The fourth-order valence-electron chi connectivity index (χ4n) is 1.17. The minimum absolute atomic E-state index is 0.740. The average Bonchev–Trinajstić information content (AvgIpc) is 2.38. The van der Waals surface area contributed by atoms with Crippen molar-refractivity contribution in [2.24, 2.45) is 0 Å². The Morgan fingerprint density at radius 1 is 0.882 bits per heavy atom. The van der Waals surface area contributed by atoms with Crippen LogP contribution in [0.4, 0.5) is 0 Å². The Hall–Kier alpha value is -1.78. The van der Waals surface area contributed by atoms with Crippen LogP contribution < -0.4 is 0 Å². The molecule has 0 fully saturated rings. The van der Waals surface area contributed by atoms with Crippen molar-refractivity contribution in [1.29, 1.82) is 0 Å². The predicted octanol–water partition coefficient (Wildman–Crippen LogP) is 3.09. The molecule has 0 saturated heterocycles. The number of hydrogen-bond acceptors (Lipinski definition) is 1. The van der Waals surface area contributed by atoms with Gasteiger partial charge in [-0.1, -0.05) is 12.0 Å². The molecular weight excluding hydrogens is 321 g/mol. The summed E-state index contributed by atoms with van der Waals surface area (Å²) in [4.78, 5) is 4.09. The van der Waals surface area contributed by atoms with Crippen LogP contribution in [-0.2, 0) is 0 Å². The Bertz CT molecular complexity index is 607. The van der Waals surface area contributed by atoms with Crippen LogP contribution in [0.15, 0.2) is 48.7 Å². The molecule has 0 unspecified atom stereocenters. The second-order valence-corrected chi connectivity index (χ2v) is 4.47. The Morgan fingerprint density at radius 2 is 1.65 bits per heavy atom. The highest BCUT2D eigenvalue weighted by molar-refractivity contribution is 14.1. The fourth-order valence-corrected chi connectivity index (χ4v) is 1.53. The zero-order valence-electron chi connectivity index (χ0n) is 8.94. The topological polar surface area (TPSA) is 12.9 Å². The molecule has 0 bridgehead atoms. The summed E-state index contributed by atoms with van der Waals surface area (Å²) in [7, 11) is 0. The number of rotatable bonds is 0. The molecule has 1 aromatic heterocycles. The molecule has 1 aromatic carbocycles. The molecule has 80 valence electrons. The monoisotopic (exact) mass is 329 g/mol. The van der Waals surface area contributed by atoms with Crippen LogP contribution >= 0.6 is 22.6 Å². The molecule has 0 amide bonds. The van der Waals surface area contributed by atoms with E-state index in [2.05, 4.69) is 51.3 Å². The maximum absolute atomic E-state index is 4.09. The van der Waals surface area contributed by atoms with Crippen LogP contribution in [-0.4, -0.2) is 4.98 Å². The molecule has 0 aliphatic rings. The third kappa shape index (κ3) is 3.94. The first-order chi connectivity index (χ1) is 8.34. The van der Waals surface area contributed by atoms with Gasteiger partial charge < -0.3 is 0 Å². The molecule has 0 atom stereocenters. The van der Waals surface area contributed by atoms with Crippen LogP contribution in [0.5, 0.6) is 0 Å².